The Labute approximate surface area is 389 Å². The van der Waals surface area contributed by atoms with Gasteiger partial charge in [-0.2, -0.15) is 0 Å². The molecular formula is C56H60IrN2OSi-2. The molecule has 0 N–H and O–H groups in total. The Balaban J connectivity index is 0.000000223. The second-order valence-corrected chi connectivity index (χ2v) is 22.0. The van der Waals surface area contributed by atoms with Gasteiger partial charge < -0.3 is 14.4 Å². The predicted octanol–water partition coefficient (Wildman–Crippen LogP) is 14.3. The molecule has 0 aliphatic carbocycles. The SMILES string of the molecule is [2H]C(C)(C)c1cc[c-]c(-c2cc(C([2H])(C)C(C)C)c([Si](C)(C)c3ccccc3)cn2)c1.[2H]C([2H])([2H])c1cnc(-c2[c-]cc(-c3ccccc3)c3c2oc2ccccc23)cc1C([2H])([2H])C(C)(C)C.[Ir]. The van der Waals surface area contributed by atoms with Gasteiger partial charge in [-0.15, -0.1) is 47.5 Å². The molecule has 0 fully saturated rings. The standard InChI is InChI=1S/C29H26NO.C27H34NSi.Ir/c1-19-18-30-25(16-21(19)17-29(2,3)4)23-15-14-22(20-10-6-5-7-11-20)27-24-12-8-9-13-26(24)31-28(23)27;1-19(2)21(5)25-17-26(23-13-11-12-22(16-23)20(3)4)28-18-27(25)29(6,7)24-14-9-8-10-15-24;/h5-14,16,18H,17H2,1-4H3;8-12,14-21H,1-7H3;/q2*-1;/i1D3,17D2;20D,21D;. The number of pyridine rings is 2. The number of aryl methyl sites for hydroxylation is 1. The Hall–Kier alpha value is -4.93. The molecule has 0 saturated heterocycles. The Morgan fingerprint density at radius 2 is 1.48 bits per heavy atom. The first-order valence-corrected chi connectivity index (χ1v) is 23.8. The largest absolute Gasteiger partial charge is 0.501 e. The summed E-state index contributed by atoms with van der Waals surface area (Å²) in [5, 5.41) is 4.42. The summed E-state index contributed by atoms with van der Waals surface area (Å²) in [6, 6.07) is 46.4. The van der Waals surface area contributed by atoms with E-state index in [0.29, 0.717) is 16.8 Å². The van der Waals surface area contributed by atoms with Gasteiger partial charge in [-0.1, -0.05) is 192 Å². The fourth-order valence-electron chi connectivity index (χ4n) is 7.58. The van der Waals surface area contributed by atoms with E-state index in [4.69, 9.17) is 17.6 Å². The summed E-state index contributed by atoms with van der Waals surface area (Å²) in [7, 11) is -2.04. The van der Waals surface area contributed by atoms with Crippen molar-refractivity contribution in [3.8, 4) is 33.6 Å². The fraction of sp³-hybridized carbons (Fsp3) is 0.286. The molecule has 0 amide bonds. The van der Waals surface area contributed by atoms with Crippen LogP contribution >= 0.6 is 0 Å². The van der Waals surface area contributed by atoms with Crippen LogP contribution in [0.2, 0.25) is 13.1 Å². The molecule has 1 radical (unpaired) electrons. The van der Waals surface area contributed by atoms with Crippen molar-refractivity contribution in [2.75, 3.05) is 0 Å². The van der Waals surface area contributed by atoms with Gasteiger partial charge in [-0.25, -0.2) is 0 Å². The van der Waals surface area contributed by atoms with Crippen LogP contribution in [0.3, 0.4) is 0 Å². The van der Waals surface area contributed by atoms with E-state index in [1.165, 1.54) is 16.6 Å². The van der Waals surface area contributed by atoms with Gasteiger partial charge in [0.2, 0.25) is 0 Å². The zero-order valence-electron chi connectivity index (χ0n) is 43.9. The van der Waals surface area contributed by atoms with Crippen molar-refractivity contribution in [2.45, 2.75) is 93.5 Å². The van der Waals surface area contributed by atoms with E-state index in [-0.39, 0.29) is 37.2 Å². The summed E-state index contributed by atoms with van der Waals surface area (Å²) in [6.45, 7) is 17.5. The first kappa shape index (κ1) is 36.7. The van der Waals surface area contributed by atoms with Crippen LogP contribution in [0.1, 0.15) is 99.0 Å². The normalized spacial score (nSPS) is 15.2. The Kier molecular flexibility index (Phi) is 11.4. The molecule has 5 aromatic carbocycles. The average Bonchev–Trinajstić information content (AvgIpc) is 3.68. The molecule has 3 aromatic heterocycles. The van der Waals surface area contributed by atoms with Crippen molar-refractivity contribution in [3.63, 3.8) is 0 Å². The number of aromatic nitrogens is 2. The minimum absolute atomic E-state index is 0. The van der Waals surface area contributed by atoms with E-state index in [1.807, 2.05) is 106 Å². The molecule has 0 saturated carbocycles. The number of para-hydroxylation sites is 1. The molecule has 3 heterocycles. The van der Waals surface area contributed by atoms with Crippen LogP contribution in [-0.4, -0.2) is 18.0 Å². The third-order valence-electron chi connectivity index (χ3n) is 11.2. The number of fused-ring (bicyclic) bond motifs is 3. The Morgan fingerprint density at radius 3 is 2.15 bits per heavy atom. The fourth-order valence-corrected chi connectivity index (χ4v) is 10.2. The third kappa shape index (κ3) is 10.1. The molecule has 1 atom stereocenters. The van der Waals surface area contributed by atoms with E-state index in [1.54, 1.807) is 26.8 Å². The number of hydrogen-bond donors (Lipinski definition) is 0. The molecule has 0 aliphatic rings. The van der Waals surface area contributed by atoms with Gasteiger partial charge in [-0.3, -0.25) is 0 Å². The van der Waals surface area contributed by atoms with Gasteiger partial charge in [-0.05, 0) is 69.9 Å². The first-order chi connectivity index (χ1) is 31.2. The molecule has 0 spiro atoms. The van der Waals surface area contributed by atoms with E-state index in [2.05, 4.69) is 80.5 Å². The molecule has 1 unspecified atom stereocenters. The molecule has 315 valence electrons. The number of rotatable bonds is 9. The van der Waals surface area contributed by atoms with Crippen molar-refractivity contribution in [1.29, 1.82) is 0 Å². The first-order valence-electron chi connectivity index (χ1n) is 24.3. The second kappa shape index (κ2) is 19.0. The molecule has 61 heavy (non-hydrogen) atoms. The van der Waals surface area contributed by atoms with Gasteiger partial charge in [0.1, 0.15) is 13.7 Å². The number of hydrogen-bond acceptors (Lipinski definition) is 3. The molecule has 8 aromatic rings. The van der Waals surface area contributed by atoms with Gasteiger partial charge in [0.05, 0.1) is 5.58 Å². The zero-order valence-corrected chi connectivity index (χ0v) is 40.3. The topological polar surface area (TPSA) is 38.9 Å². The van der Waals surface area contributed by atoms with Gasteiger partial charge in [0.15, 0.2) is 0 Å². The molecular weight excluding hydrogens is 937 g/mol. The van der Waals surface area contributed by atoms with Crippen molar-refractivity contribution in [3.05, 3.63) is 168 Å². The quantitative estimate of drug-likeness (QED) is 0.107. The van der Waals surface area contributed by atoms with Gasteiger partial charge in [0.25, 0.3) is 0 Å². The maximum atomic E-state index is 9.26. The maximum Gasteiger partial charge on any atom is 0.120 e. The summed E-state index contributed by atoms with van der Waals surface area (Å²) in [5.41, 5.74) is 7.10. The van der Waals surface area contributed by atoms with E-state index in [0.717, 1.165) is 49.9 Å². The third-order valence-corrected chi connectivity index (χ3v) is 14.7. The average molecular weight is 1000 g/mol. The van der Waals surface area contributed by atoms with Crippen LogP contribution in [0, 0.1) is 30.3 Å². The Morgan fingerprint density at radius 1 is 0.803 bits per heavy atom. The number of furan rings is 1. The summed E-state index contributed by atoms with van der Waals surface area (Å²) < 4.78 is 65.7. The van der Waals surface area contributed by atoms with E-state index < -0.39 is 38.5 Å². The van der Waals surface area contributed by atoms with Crippen LogP contribution in [0.5, 0.6) is 0 Å². The molecule has 8 rings (SSSR count). The second-order valence-electron chi connectivity index (χ2n) is 17.7. The minimum atomic E-state index is -2.50. The van der Waals surface area contributed by atoms with E-state index >= 15 is 0 Å². The summed E-state index contributed by atoms with van der Waals surface area (Å²) in [4.78, 5) is 9.33. The van der Waals surface area contributed by atoms with Gasteiger partial charge >= 0.3 is 0 Å². The zero-order chi connectivity index (χ0) is 48.9. The smallest absolute Gasteiger partial charge is 0.120 e. The van der Waals surface area contributed by atoms with Crippen LogP contribution in [0.25, 0.3) is 55.6 Å². The van der Waals surface area contributed by atoms with Crippen LogP contribution in [-0.2, 0) is 26.5 Å². The number of nitrogens with zero attached hydrogens (tertiary/aromatic N) is 2. The predicted molar refractivity (Wildman–Crippen MR) is 258 cm³/mol. The molecule has 0 aliphatic heterocycles. The van der Waals surface area contributed by atoms with Gasteiger partial charge in [0, 0.05) is 47.5 Å². The monoisotopic (exact) mass is 1000 g/mol. The molecule has 0 bridgehead atoms. The van der Waals surface area contributed by atoms with Crippen molar-refractivity contribution < 1.29 is 34.1 Å². The van der Waals surface area contributed by atoms with E-state index in [9.17, 15) is 1.37 Å². The minimum Gasteiger partial charge on any atom is -0.501 e. The van der Waals surface area contributed by atoms with Crippen molar-refractivity contribution in [1.82, 2.24) is 9.97 Å². The van der Waals surface area contributed by atoms with Crippen LogP contribution < -0.4 is 10.4 Å². The summed E-state index contributed by atoms with van der Waals surface area (Å²) in [6.07, 6.45) is 1.35. The molecule has 5 heteroatoms. The molecule has 3 nitrogen and oxygen atoms in total. The summed E-state index contributed by atoms with van der Waals surface area (Å²) in [5.74, 6) is -1.26. The van der Waals surface area contributed by atoms with Crippen LogP contribution in [0.4, 0.5) is 0 Å². The van der Waals surface area contributed by atoms with Crippen LogP contribution in [0.15, 0.2) is 138 Å². The Bertz CT molecular complexity index is 3040. The van der Waals surface area contributed by atoms with Crippen molar-refractivity contribution >= 4 is 40.4 Å². The van der Waals surface area contributed by atoms with Crippen molar-refractivity contribution in [2.24, 2.45) is 11.3 Å². The maximum absolute atomic E-state index is 9.26. The number of benzene rings is 5. The summed E-state index contributed by atoms with van der Waals surface area (Å²) >= 11 is 0.